The lowest BCUT2D eigenvalue weighted by molar-refractivity contribution is 0.179. The Hall–Kier alpha value is -0.0400. The van der Waals surface area contributed by atoms with Gasteiger partial charge in [0.1, 0.15) is 0 Å². The second kappa shape index (κ2) is 3.76. The van der Waals surface area contributed by atoms with Gasteiger partial charge in [0.2, 0.25) is 0 Å². The van der Waals surface area contributed by atoms with Crippen molar-refractivity contribution in [1.82, 2.24) is 5.32 Å². The highest BCUT2D eigenvalue weighted by atomic mass is 15.0. The van der Waals surface area contributed by atoms with E-state index in [-0.39, 0.29) is 0 Å². The fourth-order valence-corrected chi connectivity index (χ4v) is 3.03. The summed E-state index contributed by atoms with van der Waals surface area (Å²) in [5, 5.41) is 3.88. The smallest absolute Gasteiger partial charge is 0.00951 e. The zero-order valence-corrected chi connectivity index (χ0v) is 10.9. The van der Waals surface area contributed by atoms with Crippen molar-refractivity contribution < 1.29 is 0 Å². The first-order valence-electron chi connectivity index (χ1n) is 6.67. The van der Waals surface area contributed by atoms with Gasteiger partial charge in [-0.2, -0.15) is 0 Å². The van der Waals surface area contributed by atoms with Crippen molar-refractivity contribution in [3.8, 4) is 0 Å². The first kappa shape index (κ1) is 11.4. The Kier molecular flexibility index (Phi) is 2.87. The Morgan fingerprint density at radius 2 is 1.80 bits per heavy atom. The maximum absolute atomic E-state index is 3.88. The van der Waals surface area contributed by atoms with Crippen LogP contribution in [-0.2, 0) is 0 Å². The standard InChI is InChI=1S/C14H27N/c1-11(14(4)8-9-14)15-12-6-5-7-13(2,3)10-12/h11-12,15H,5-10H2,1-4H3. The Bertz CT molecular complexity index is 227. The van der Waals surface area contributed by atoms with Crippen molar-refractivity contribution in [2.45, 2.75) is 78.3 Å². The Labute approximate surface area is 95.0 Å². The van der Waals surface area contributed by atoms with Gasteiger partial charge in [0.25, 0.3) is 0 Å². The summed E-state index contributed by atoms with van der Waals surface area (Å²) < 4.78 is 0. The van der Waals surface area contributed by atoms with E-state index in [9.17, 15) is 0 Å². The summed E-state index contributed by atoms with van der Waals surface area (Å²) in [5.41, 5.74) is 1.20. The van der Waals surface area contributed by atoms with Gasteiger partial charge in [0.15, 0.2) is 0 Å². The van der Waals surface area contributed by atoms with Crippen molar-refractivity contribution >= 4 is 0 Å². The topological polar surface area (TPSA) is 12.0 Å². The summed E-state index contributed by atoms with van der Waals surface area (Å²) in [4.78, 5) is 0. The molecule has 2 aliphatic rings. The number of hydrogen-bond donors (Lipinski definition) is 1. The summed E-state index contributed by atoms with van der Waals surface area (Å²) in [6.45, 7) is 9.65. The molecule has 2 unspecified atom stereocenters. The zero-order chi connectivity index (χ0) is 11.1. The molecule has 2 rings (SSSR count). The average Bonchev–Trinajstić information content (AvgIpc) is 2.83. The second-order valence-corrected chi connectivity index (χ2v) is 7.00. The maximum Gasteiger partial charge on any atom is 0.00951 e. The summed E-state index contributed by atoms with van der Waals surface area (Å²) in [6.07, 6.45) is 8.44. The molecule has 0 aliphatic heterocycles. The van der Waals surface area contributed by atoms with Crippen LogP contribution in [0.3, 0.4) is 0 Å². The van der Waals surface area contributed by atoms with E-state index < -0.39 is 0 Å². The largest absolute Gasteiger partial charge is 0.311 e. The third-order valence-electron chi connectivity index (χ3n) is 4.77. The molecule has 0 aromatic rings. The van der Waals surface area contributed by atoms with Crippen molar-refractivity contribution in [2.24, 2.45) is 10.8 Å². The van der Waals surface area contributed by atoms with Gasteiger partial charge in [-0.1, -0.05) is 27.2 Å². The fourth-order valence-electron chi connectivity index (χ4n) is 3.03. The average molecular weight is 209 g/mol. The molecule has 0 aromatic heterocycles. The van der Waals surface area contributed by atoms with Crippen LogP contribution in [-0.4, -0.2) is 12.1 Å². The lowest BCUT2D eigenvalue weighted by Crippen LogP contribution is -2.44. The Morgan fingerprint density at radius 1 is 1.13 bits per heavy atom. The fraction of sp³-hybridized carbons (Fsp3) is 1.00. The number of rotatable bonds is 3. The third-order valence-corrected chi connectivity index (χ3v) is 4.77. The van der Waals surface area contributed by atoms with Crippen LogP contribution >= 0.6 is 0 Å². The van der Waals surface area contributed by atoms with Crippen molar-refractivity contribution in [3.63, 3.8) is 0 Å². The molecular weight excluding hydrogens is 182 g/mol. The zero-order valence-electron chi connectivity index (χ0n) is 10.9. The van der Waals surface area contributed by atoms with E-state index in [1.807, 2.05) is 0 Å². The molecule has 2 fully saturated rings. The molecule has 88 valence electrons. The summed E-state index contributed by atoms with van der Waals surface area (Å²) in [7, 11) is 0. The van der Waals surface area contributed by atoms with Crippen LogP contribution in [0.25, 0.3) is 0 Å². The summed E-state index contributed by atoms with van der Waals surface area (Å²) in [5.74, 6) is 0. The van der Waals surface area contributed by atoms with Crippen LogP contribution in [0, 0.1) is 10.8 Å². The molecule has 15 heavy (non-hydrogen) atoms. The molecule has 0 spiro atoms. The third kappa shape index (κ3) is 2.75. The van der Waals surface area contributed by atoms with Gasteiger partial charge in [0.05, 0.1) is 0 Å². The van der Waals surface area contributed by atoms with E-state index >= 15 is 0 Å². The van der Waals surface area contributed by atoms with Gasteiger partial charge < -0.3 is 5.32 Å². The van der Waals surface area contributed by atoms with Crippen LogP contribution in [0.4, 0.5) is 0 Å². The summed E-state index contributed by atoms with van der Waals surface area (Å²) in [6, 6.07) is 1.50. The van der Waals surface area contributed by atoms with E-state index in [0.717, 1.165) is 12.1 Å². The quantitative estimate of drug-likeness (QED) is 0.747. The molecule has 1 heteroatoms. The van der Waals surface area contributed by atoms with Crippen LogP contribution in [0.1, 0.15) is 66.2 Å². The lowest BCUT2D eigenvalue weighted by atomic mass is 9.75. The predicted molar refractivity (Wildman–Crippen MR) is 66.0 cm³/mol. The van der Waals surface area contributed by atoms with Gasteiger partial charge in [-0.05, 0) is 49.9 Å². The Morgan fingerprint density at radius 3 is 2.33 bits per heavy atom. The van der Waals surface area contributed by atoms with E-state index in [4.69, 9.17) is 0 Å². The minimum atomic E-state index is 0.570. The molecule has 0 saturated heterocycles. The normalized spacial score (nSPS) is 34.8. The second-order valence-electron chi connectivity index (χ2n) is 7.00. The maximum atomic E-state index is 3.88. The Balaban J connectivity index is 1.84. The summed E-state index contributed by atoms with van der Waals surface area (Å²) >= 11 is 0. The van der Waals surface area contributed by atoms with Gasteiger partial charge in [-0.3, -0.25) is 0 Å². The van der Waals surface area contributed by atoms with Gasteiger partial charge in [-0.15, -0.1) is 0 Å². The SMILES string of the molecule is CC(NC1CCCC(C)(C)C1)C1(C)CC1. The minimum Gasteiger partial charge on any atom is -0.311 e. The highest BCUT2D eigenvalue weighted by Gasteiger charge is 2.43. The molecule has 2 atom stereocenters. The molecule has 0 aromatic carbocycles. The molecular formula is C14H27N. The molecule has 1 N–H and O–H groups in total. The van der Waals surface area contributed by atoms with Crippen molar-refractivity contribution in [1.29, 1.82) is 0 Å². The molecule has 0 radical (unpaired) electrons. The van der Waals surface area contributed by atoms with Gasteiger partial charge in [0, 0.05) is 12.1 Å². The molecule has 1 nitrogen and oxygen atoms in total. The molecule has 0 bridgehead atoms. The van der Waals surface area contributed by atoms with Crippen LogP contribution in [0.2, 0.25) is 0 Å². The van der Waals surface area contributed by atoms with E-state index in [1.54, 1.807) is 0 Å². The van der Waals surface area contributed by atoms with Crippen LogP contribution in [0.15, 0.2) is 0 Å². The van der Waals surface area contributed by atoms with E-state index in [1.165, 1.54) is 38.5 Å². The van der Waals surface area contributed by atoms with Crippen molar-refractivity contribution in [3.05, 3.63) is 0 Å². The monoisotopic (exact) mass is 209 g/mol. The van der Waals surface area contributed by atoms with Crippen LogP contribution in [0.5, 0.6) is 0 Å². The number of hydrogen-bond acceptors (Lipinski definition) is 1. The molecule has 2 aliphatic carbocycles. The highest BCUT2D eigenvalue weighted by Crippen LogP contribution is 2.48. The highest BCUT2D eigenvalue weighted by molar-refractivity contribution is 4.98. The first-order valence-corrected chi connectivity index (χ1v) is 6.67. The molecule has 2 saturated carbocycles. The number of nitrogens with one attached hydrogen (secondary N) is 1. The van der Waals surface area contributed by atoms with Gasteiger partial charge in [-0.25, -0.2) is 0 Å². The predicted octanol–water partition coefficient (Wildman–Crippen LogP) is 3.73. The van der Waals surface area contributed by atoms with E-state index in [0.29, 0.717) is 10.8 Å². The molecule has 0 amide bonds. The van der Waals surface area contributed by atoms with Crippen molar-refractivity contribution in [2.75, 3.05) is 0 Å². The lowest BCUT2D eigenvalue weighted by Gasteiger charge is -2.38. The van der Waals surface area contributed by atoms with E-state index in [2.05, 4.69) is 33.0 Å². The van der Waals surface area contributed by atoms with Gasteiger partial charge >= 0.3 is 0 Å². The first-order chi connectivity index (χ1) is 6.91. The van der Waals surface area contributed by atoms with Crippen LogP contribution < -0.4 is 5.32 Å². The minimum absolute atomic E-state index is 0.570. The molecule has 0 heterocycles.